The van der Waals surface area contributed by atoms with Crippen LogP contribution >= 0.6 is 27.3 Å². The molecule has 0 atom stereocenters. The minimum absolute atomic E-state index is 0.687. The third kappa shape index (κ3) is 1.66. The van der Waals surface area contributed by atoms with Gasteiger partial charge in [0, 0.05) is 10.7 Å². The number of nitrogens with zero attached hydrogens (tertiary/aromatic N) is 2. The second-order valence-electron chi connectivity index (χ2n) is 3.85. The zero-order valence-electron chi connectivity index (χ0n) is 9.14. The number of halogens is 1. The highest BCUT2D eigenvalue weighted by molar-refractivity contribution is 9.10. The predicted molar refractivity (Wildman–Crippen MR) is 75.4 cm³/mol. The van der Waals surface area contributed by atoms with E-state index in [4.69, 9.17) is 5.73 Å². The number of thiophene rings is 1. The van der Waals surface area contributed by atoms with Gasteiger partial charge in [0.15, 0.2) is 0 Å². The molecule has 3 aromatic heterocycles. The molecule has 0 unspecified atom stereocenters. The van der Waals surface area contributed by atoms with Gasteiger partial charge in [0.2, 0.25) is 0 Å². The summed E-state index contributed by atoms with van der Waals surface area (Å²) >= 11 is 5.11. The van der Waals surface area contributed by atoms with E-state index in [1.165, 1.54) is 5.56 Å². The summed E-state index contributed by atoms with van der Waals surface area (Å²) in [5.41, 5.74) is 9.11. The minimum atomic E-state index is 0.687. The molecule has 2 N–H and O–H groups in total. The molecule has 0 bridgehead atoms. The Morgan fingerprint density at radius 3 is 2.88 bits per heavy atom. The molecule has 3 heterocycles. The van der Waals surface area contributed by atoms with Crippen molar-refractivity contribution in [2.45, 2.75) is 6.92 Å². The normalized spacial score (nSPS) is 11.2. The summed E-state index contributed by atoms with van der Waals surface area (Å²) in [5.74, 6) is 0.687. The van der Waals surface area contributed by atoms with Crippen LogP contribution in [0.3, 0.4) is 0 Å². The fourth-order valence-corrected chi connectivity index (χ4v) is 3.08. The first kappa shape index (κ1) is 10.8. The molecule has 0 amide bonds. The lowest BCUT2D eigenvalue weighted by atomic mass is 10.2. The summed E-state index contributed by atoms with van der Waals surface area (Å²) in [5, 5.41) is 2.06. The van der Waals surface area contributed by atoms with Crippen LogP contribution in [0.4, 0.5) is 5.82 Å². The second kappa shape index (κ2) is 3.85. The van der Waals surface area contributed by atoms with Gasteiger partial charge in [-0.15, -0.1) is 11.3 Å². The van der Waals surface area contributed by atoms with Gasteiger partial charge < -0.3 is 5.73 Å². The molecule has 0 saturated heterocycles. The van der Waals surface area contributed by atoms with E-state index in [1.54, 1.807) is 11.3 Å². The molecule has 0 aliphatic rings. The molecule has 5 heteroatoms. The van der Waals surface area contributed by atoms with Crippen LogP contribution in [0.15, 0.2) is 34.2 Å². The number of anilines is 1. The standard InChI is InChI=1S/C12H10BrN3S/c1-7-4-5-17-11(7)10-12(14)16-6-8(13)2-3-9(16)15-10/h2-6H,14H2,1H3. The lowest BCUT2D eigenvalue weighted by molar-refractivity contribution is 1.18. The van der Waals surface area contributed by atoms with Crippen molar-refractivity contribution in [3.05, 3.63) is 39.8 Å². The van der Waals surface area contributed by atoms with Crippen LogP contribution in [0, 0.1) is 6.92 Å². The number of nitrogens with two attached hydrogens (primary N) is 1. The van der Waals surface area contributed by atoms with Crippen LogP contribution in [0.5, 0.6) is 0 Å². The van der Waals surface area contributed by atoms with Crippen LogP contribution in [0.2, 0.25) is 0 Å². The number of aromatic nitrogens is 2. The van der Waals surface area contributed by atoms with E-state index < -0.39 is 0 Å². The van der Waals surface area contributed by atoms with Crippen molar-refractivity contribution in [3.8, 4) is 10.6 Å². The summed E-state index contributed by atoms with van der Waals surface area (Å²) < 4.78 is 2.89. The number of pyridine rings is 1. The molecule has 17 heavy (non-hydrogen) atoms. The Morgan fingerprint density at radius 2 is 2.18 bits per heavy atom. The Hall–Kier alpha value is -1.33. The van der Waals surface area contributed by atoms with Gasteiger partial charge in [0.25, 0.3) is 0 Å². The topological polar surface area (TPSA) is 43.3 Å². The van der Waals surface area contributed by atoms with Crippen LogP contribution in [-0.2, 0) is 0 Å². The summed E-state index contributed by atoms with van der Waals surface area (Å²) in [7, 11) is 0. The van der Waals surface area contributed by atoms with Gasteiger partial charge in [-0.25, -0.2) is 4.98 Å². The fraction of sp³-hybridized carbons (Fsp3) is 0.0833. The third-order valence-corrected chi connectivity index (χ3v) is 4.19. The Kier molecular flexibility index (Phi) is 2.45. The predicted octanol–water partition coefficient (Wildman–Crippen LogP) is 3.72. The molecule has 3 nitrogen and oxygen atoms in total. The number of rotatable bonds is 1. The van der Waals surface area contributed by atoms with Gasteiger partial charge >= 0.3 is 0 Å². The molecule has 0 saturated carbocycles. The Morgan fingerprint density at radius 1 is 1.35 bits per heavy atom. The monoisotopic (exact) mass is 307 g/mol. The first-order valence-electron chi connectivity index (χ1n) is 5.14. The first-order chi connectivity index (χ1) is 8.16. The van der Waals surface area contributed by atoms with Crippen LogP contribution in [0.1, 0.15) is 5.56 Å². The molecule has 3 aromatic rings. The highest BCUT2D eigenvalue weighted by atomic mass is 79.9. The smallest absolute Gasteiger partial charge is 0.139 e. The molecular weight excluding hydrogens is 298 g/mol. The van der Waals surface area contributed by atoms with Crippen molar-refractivity contribution in [2.75, 3.05) is 5.73 Å². The number of hydrogen-bond acceptors (Lipinski definition) is 3. The largest absolute Gasteiger partial charge is 0.383 e. The quantitative estimate of drug-likeness (QED) is 0.744. The summed E-state index contributed by atoms with van der Waals surface area (Å²) in [6.07, 6.45) is 1.93. The van der Waals surface area contributed by atoms with Gasteiger partial charge in [-0.3, -0.25) is 4.40 Å². The molecule has 0 aromatic carbocycles. The molecule has 0 fully saturated rings. The highest BCUT2D eigenvalue weighted by Gasteiger charge is 2.14. The minimum Gasteiger partial charge on any atom is -0.383 e. The molecule has 0 spiro atoms. The van der Waals surface area contributed by atoms with Gasteiger partial charge in [-0.2, -0.15) is 0 Å². The maximum atomic E-state index is 6.15. The molecule has 0 aliphatic heterocycles. The Balaban J connectivity index is 2.32. The average Bonchev–Trinajstić information content (AvgIpc) is 2.84. The molecule has 3 rings (SSSR count). The molecular formula is C12H10BrN3S. The van der Waals surface area contributed by atoms with Crippen molar-refractivity contribution in [1.29, 1.82) is 0 Å². The second-order valence-corrected chi connectivity index (χ2v) is 5.69. The SMILES string of the molecule is Cc1ccsc1-c1nc2ccc(Br)cn2c1N. The Labute approximate surface area is 111 Å². The van der Waals surface area contributed by atoms with Crippen molar-refractivity contribution in [3.63, 3.8) is 0 Å². The zero-order chi connectivity index (χ0) is 12.0. The van der Waals surface area contributed by atoms with Gasteiger partial charge in [0.05, 0.1) is 4.88 Å². The van der Waals surface area contributed by atoms with E-state index in [9.17, 15) is 0 Å². The van der Waals surface area contributed by atoms with Crippen molar-refractivity contribution in [1.82, 2.24) is 9.38 Å². The zero-order valence-corrected chi connectivity index (χ0v) is 11.5. The Bertz CT molecular complexity index is 699. The molecule has 86 valence electrons. The lowest BCUT2D eigenvalue weighted by Gasteiger charge is -1.98. The van der Waals surface area contributed by atoms with E-state index in [1.807, 2.05) is 22.7 Å². The average molecular weight is 308 g/mol. The maximum absolute atomic E-state index is 6.15. The van der Waals surface area contributed by atoms with Crippen molar-refractivity contribution in [2.24, 2.45) is 0 Å². The van der Waals surface area contributed by atoms with Crippen molar-refractivity contribution >= 4 is 38.7 Å². The van der Waals surface area contributed by atoms with Crippen molar-refractivity contribution < 1.29 is 0 Å². The van der Waals surface area contributed by atoms with Crippen LogP contribution < -0.4 is 5.73 Å². The maximum Gasteiger partial charge on any atom is 0.139 e. The summed E-state index contributed by atoms with van der Waals surface area (Å²) in [4.78, 5) is 5.73. The number of hydrogen-bond donors (Lipinski definition) is 1. The first-order valence-corrected chi connectivity index (χ1v) is 6.81. The number of fused-ring (bicyclic) bond motifs is 1. The summed E-state index contributed by atoms with van der Waals surface area (Å²) in [6.45, 7) is 2.07. The van der Waals surface area contributed by atoms with E-state index in [0.29, 0.717) is 5.82 Å². The highest BCUT2D eigenvalue weighted by Crippen LogP contribution is 2.33. The van der Waals surface area contributed by atoms with E-state index in [2.05, 4.69) is 39.3 Å². The molecule has 0 radical (unpaired) electrons. The number of aryl methyl sites for hydroxylation is 1. The van der Waals surface area contributed by atoms with E-state index in [0.717, 1.165) is 20.7 Å². The van der Waals surface area contributed by atoms with Gasteiger partial charge in [-0.1, -0.05) is 0 Å². The van der Waals surface area contributed by atoms with Gasteiger partial charge in [0.1, 0.15) is 17.2 Å². The van der Waals surface area contributed by atoms with E-state index >= 15 is 0 Å². The lowest BCUT2D eigenvalue weighted by Crippen LogP contribution is -1.93. The fourth-order valence-electron chi connectivity index (χ4n) is 1.82. The summed E-state index contributed by atoms with van der Waals surface area (Å²) in [6, 6.07) is 6.00. The van der Waals surface area contributed by atoms with Gasteiger partial charge in [-0.05, 0) is 52.0 Å². The molecule has 0 aliphatic carbocycles. The van der Waals surface area contributed by atoms with Crippen LogP contribution in [0.25, 0.3) is 16.2 Å². The number of imidazole rings is 1. The number of nitrogen functional groups attached to an aromatic ring is 1. The van der Waals surface area contributed by atoms with E-state index in [-0.39, 0.29) is 0 Å². The van der Waals surface area contributed by atoms with Crippen LogP contribution in [-0.4, -0.2) is 9.38 Å². The third-order valence-electron chi connectivity index (χ3n) is 2.70.